The average Bonchev–Trinajstić information content (AvgIpc) is 3.06. The molecule has 1 saturated carbocycles. The summed E-state index contributed by atoms with van der Waals surface area (Å²) in [7, 11) is 3.11. The molecule has 4 nitrogen and oxygen atoms in total. The second-order valence-corrected chi connectivity index (χ2v) is 4.26. The summed E-state index contributed by atoms with van der Waals surface area (Å²) in [4.78, 5) is 11.6. The van der Waals surface area contributed by atoms with Crippen molar-refractivity contribution in [3.05, 3.63) is 18.2 Å². The predicted molar refractivity (Wildman–Crippen MR) is 62.5 cm³/mol. The predicted octanol–water partition coefficient (Wildman–Crippen LogP) is 2.27. The quantitative estimate of drug-likeness (QED) is 0.594. The van der Waals surface area contributed by atoms with Crippen molar-refractivity contribution in [3.8, 4) is 17.2 Å². The molecule has 1 aliphatic rings. The molecular weight excluding hydrogens is 220 g/mol. The minimum atomic E-state index is -0.162. The molecule has 0 aromatic heterocycles. The number of esters is 1. The summed E-state index contributed by atoms with van der Waals surface area (Å²) in [6.45, 7) is 2.04. The van der Waals surface area contributed by atoms with Crippen molar-refractivity contribution < 1.29 is 19.0 Å². The van der Waals surface area contributed by atoms with Crippen LogP contribution in [0.15, 0.2) is 18.2 Å². The van der Waals surface area contributed by atoms with Gasteiger partial charge < -0.3 is 14.2 Å². The molecule has 2 atom stereocenters. The lowest BCUT2D eigenvalue weighted by Crippen LogP contribution is -2.11. The van der Waals surface area contributed by atoms with E-state index in [1.54, 1.807) is 32.4 Å². The minimum absolute atomic E-state index is 0.0584. The minimum Gasteiger partial charge on any atom is -0.493 e. The van der Waals surface area contributed by atoms with Gasteiger partial charge in [-0.15, -0.1) is 0 Å². The monoisotopic (exact) mass is 236 g/mol. The molecule has 1 aliphatic carbocycles. The Kier molecular flexibility index (Phi) is 3.22. The summed E-state index contributed by atoms with van der Waals surface area (Å²) in [5.41, 5.74) is 0. The standard InChI is InChI=1S/C13H16O4/c1-8-6-10(8)13(14)17-9-4-5-11(15-2)12(7-9)16-3/h4-5,7-8,10H,6H2,1-3H3. The number of hydrogen-bond acceptors (Lipinski definition) is 4. The summed E-state index contributed by atoms with van der Waals surface area (Å²) in [5.74, 6) is 2.01. The van der Waals surface area contributed by atoms with E-state index in [0.717, 1.165) is 6.42 Å². The Balaban J connectivity index is 2.08. The van der Waals surface area contributed by atoms with E-state index < -0.39 is 0 Å². The summed E-state index contributed by atoms with van der Waals surface area (Å²) in [5, 5.41) is 0. The molecule has 1 aromatic rings. The van der Waals surface area contributed by atoms with E-state index in [1.807, 2.05) is 6.92 Å². The molecule has 17 heavy (non-hydrogen) atoms. The van der Waals surface area contributed by atoms with Crippen LogP contribution in [-0.2, 0) is 4.79 Å². The molecule has 4 heteroatoms. The zero-order chi connectivity index (χ0) is 12.4. The third-order valence-corrected chi connectivity index (χ3v) is 2.99. The van der Waals surface area contributed by atoms with Crippen LogP contribution in [0.25, 0.3) is 0 Å². The third kappa shape index (κ3) is 2.52. The molecule has 0 bridgehead atoms. The Morgan fingerprint density at radius 2 is 1.88 bits per heavy atom. The first-order valence-corrected chi connectivity index (χ1v) is 5.59. The zero-order valence-electron chi connectivity index (χ0n) is 10.2. The van der Waals surface area contributed by atoms with Crippen LogP contribution in [0.3, 0.4) is 0 Å². The molecule has 1 aromatic carbocycles. The van der Waals surface area contributed by atoms with Gasteiger partial charge in [0.1, 0.15) is 5.75 Å². The van der Waals surface area contributed by atoms with E-state index >= 15 is 0 Å². The maximum Gasteiger partial charge on any atom is 0.314 e. The molecule has 0 heterocycles. The van der Waals surface area contributed by atoms with Gasteiger partial charge in [-0.05, 0) is 24.5 Å². The topological polar surface area (TPSA) is 44.8 Å². The van der Waals surface area contributed by atoms with Crippen LogP contribution >= 0.6 is 0 Å². The van der Waals surface area contributed by atoms with Crippen molar-refractivity contribution in [3.63, 3.8) is 0 Å². The molecule has 0 radical (unpaired) electrons. The largest absolute Gasteiger partial charge is 0.493 e. The SMILES string of the molecule is COc1ccc(OC(=O)C2CC2C)cc1OC. The average molecular weight is 236 g/mol. The molecule has 92 valence electrons. The fourth-order valence-electron chi connectivity index (χ4n) is 1.72. The van der Waals surface area contributed by atoms with Crippen LogP contribution in [0, 0.1) is 11.8 Å². The van der Waals surface area contributed by atoms with Gasteiger partial charge in [-0.1, -0.05) is 6.92 Å². The number of carbonyl (C=O) groups is 1. The van der Waals surface area contributed by atoms with Crippen LogP contribution in [0.5, 0.6) is 17.2 Å². The molecule has 0 N–H and O–H groups in total. The lowest BCUT2D eigenvalue weighted by atomic mass is 10.3. The summed E-state index contributed by atoms with van der Waals surface area (Å²) in [6.07, 6.45) is 0.923. The van der Waals surface area contributed by atoms with E-state index in [-0.39, 0.29) is 11.9 Å². The van der Waals surface area contributed by atoms with Gasteiger partial charge in [0.2, 0.25) is 0 Å². The van der Waals surface area contributed by atoms with Gasteiger partial charge in [0.05, 0.1) is 20.1 Å². The highest BCUT2D eigenvalue weighted by molar-refractivity contribution is 5.78. The van der Waals surface area contributed by atoms with Crippen LogP contribution < -0.4 is 14.2 Å². The van der Waals surface area contributed by atoms with Crippen molar-refractivity contribution >= 4 is 5.97 Å². The van der Waals surface area contributed by atoms with E-state index in [0.29, 0.717) is 23.2 Å². The number of hydrogen-bond donors (Lipinski definition) is 0. The van der Waals surface area contributed by atoms with Gasteiger partial charge in [0, 0.05) is 6.07 Å². The van der Waals surface area contributed by atoms with E-state index in [9.17, 15) is 4.79 Å². The van der Waals surface area contributed by atoms with E-state index in [2.05, 4.69) is 0 Å². The first-order valence-electron chi connectivity index (χ1n) is 5.59. The van der Waals surface area contributed by atoms with Gasteiger partial charge in [0.15, 0.2) is 11.5 Å². The number of benzene rings is 1. The normalized spacial score (nSPS) is 21.8. The van der Waals surface area contributed by atoms with Crippen LogP contribution in [0.4, 0.5) is 0 Å². The van der Waals surface area contributed by atoms with Gasteiger partial charge >= 0.3 is 5.97 Å². The van der Waals surface area contributed by atoms with Crippen molar-refractivity contribution in [1.29, 1.82) is 0 Å². The second-order valence-electron chi connectivity index (χ2n) is 4.26. The van der Waals surface area contributed by atoms with Crippen molar-refractivity contribution in [1.82, 2.24) is 0 Å². The first kappa shape index (κ1) is 11.8. The molecule has 2 rings (SSSR count). The fraction of sp³-hybridized carbons (Fsp3) is 0.462. The molecule has 0 aliphatic heterocycles. The van der Waals surface area contributed by atoms with Crippen molar-refractivity contribution in [2.45, 2.75) is 13.3 Å². The number of ether oxygens (including phenoxy) is 3. The highest BCUT2D eigenvalue weighted by Gasteiger charge is 2.40. The Labute approximate surface area is 100 Å². The van der Waals surface area contributed by atoms with Crippen LogP contribution in [-0.4, -0.2) is 20.2 Å². The summed E-state index contributed by atoms with van der Waals surface area (Å²) in [6, 6.07) is 5.08. The van der Waals surface area contributed by atoms with E-state index in [4.69, 9.17) is 14.2 Å². The summed E-state index contributed by atoms with van der Waals surface area (Å²) < 4.78 is 15.5. The lowest BCUT2D eigenvalue weighted by molar-refractivity contribution is -0.136. The molecule has 0 spiro atoms. The van der Waals surface area contributed by atoms with Gasteiger partial charge in [0.25, 0.3) is 0 Å². The Morgan fingerprint density at radius 1 is 1.24 bits per heavy atom. The molecule has 1 fully saturated rings. The van der Waals surface area contributed by atoms with Crippen molar-refractivity contribution in [2.75, 3.05) is 14.2 Å². The Bertz CT molecular complexity index is 427. The maximum absolute atomic E-state index is 11.6. The smallest absolute Gasteiger partial charge is 0.314 e. The number of methoxy groups -OCH3 is 2. The molecule has 0 amide bonds. The summed E-state index contributed by atoms with van der Waals surface area (Å²) >= 11 is 0. The van der Waals surface area contributed by atoms with Crippen LogP contribution in [0.2, 0.25) is 0 Å². The molecular formula is C13H16O4. The number of carbonyl (C=O) groups excluding carboxylic acids is 1. The van der Waals surface area contributed by atoms with Gasteiger partial charge in [-0.3, -0.25) is 4.79 Å². The number of rotatable bonds is 4. The third-order valence-electron chi connectivity index (χ3n) is 2.99. The Morgan fingerprint density at radius 3 is 2.41 bits per heavy atom. The van der Waals surface area contributed by atoms with Crippen LogP contribution in [0.1, 0.15) is 13.3 Å². The highest BCUT2D eigenvalue weighted by atomic mass is 16.5. The van der Waals surface area contributed by atoms with E-state index in [1.165, 1.54) is 0 Å². The second kappa shape index (κ2) is 4.65. The van der Waals surface area contributed by atoms with Gasteiger partial charge in [-0.25, -0.2) is 0 Å². The zero-order valence-corrected chi connectivity index (χ0v) is 10.2. The van der Waals surface area contributed by atoms with Crippen molar-refractivity contribution in [2.24, 2.45) is 11.8 Å². The molecule has 0 saturated heterocycles. The molecule has 2 unspecified atom stereocenters. The lowest BCUT2D eigenvalue weighted by Gasteiger charge is -2.09. The Hall–Kier alpha value is -1.71. The first-order chi connectivity index (χ1) is 8.15. The van der Waals surface area contributed by atoms with Gasteiger partial charge in [-0.2, -0.15) is 0 Å². The fourth-order valence-corrected chi connectivity index (χ4v) is 1.72. The highest BCUT2D eigenvalue weighted by Crippen LogP contribution is 2.39. The maximum atomic E-state index is 11.6.